The summed E-state index contributed by atoms with van der Waals surface area (Å²) in [6.45, 7) is 1.90. The summed E-state index contributed by atoms with van der Waals surface area (Å²) in [5, 5.41) is 0. The van der Waals surface area contributed by atoms with Crippen molar-refractivity contribution in [3.8, 4) is 5.75 Å². The van der Waals surface area contributed by atoms with E-state index in [1.54, 1.807) is 13.2 Å². The van der Waals surface area contributed by atoms with Crippen LogP contribution in [0.4, 0.5) is 11.4 Å². The van der Waals surface area contributed by atoms with Crippen LogP contribution < -0.4 is 16.2 Å². The number of nitrogens with two attached hydrogens (primary N) is 2. The summed E-state index contributed by atoms with van der Waals surface area (Å²) in [5.74, 6) is 0.641. The lowest BCUT2D eigenvalue weighted by molar-refractivity contribution is 0.417. The van der Waals surface area contributed by atoms with E-state index in [0.29, 0.717) is 17.1 Å². The second-order valence-electron chi connectivity index (χ2n) is 2.45. The number of rotatable bonds is 1. The van der Waals surface area contributed by atoms with Crippen LogP contribution in [0.25, 0.3) is 0 Å². The van der Waals surface area contributed by atoms with Crippen LogP contribution >= 0.6 is 0 Å². The number of aryl methyl sites for hydroxylation is 1. The van der Waals surface area contributed by atoms with Crippen molar-refractivity contribution in [2.24, 2.45) is 0 Å². The van der Waals surface area contributed by atoms with Gasteiger partial charge in [0.1, 0.15) is 5.75 Å². The van der Waals surface area contributed by atoms with Crippen LogP contribution in [0.2, 0.25) is 0 Å². The van der Waals surface area contributed by atoms with Gasteiger partial charge in [-0.3, -0.25) is 0 Å². The first-order valence-electron chi connectivity index (χ1n) is 3.34. The molecule has 0 spiro atoms. The van der Waals surface area contributed by atoms with Crippen LogP contribution in [0.5, 0.6) is 5.75 Å². The topological polar surface area (TPSA) is 61.3 Å². The fourth-order valence-electron chi connectivity index (χ4n) is 0.962. The number of hydrogen-bond donors (Lipinski definition) is 2. The lowest BCUT2D eigenvalue weighted by atomic mass is 10.1. The predicted molar refractivity (Wildman–Crippen MR) is 46.6 cm³/mol. The number of benzene rings is 1. The number of methoxy groups -OCH3 is 1. The molecule has 0 aliphatic rings. The Morgan fingerprint density at radius 3 is 2.45 bits per heavy atom. The third-order valence-corrected chi connectivity index (χ3v) is 1.59. The highest BCUT2D eigenvalue weighted by molar-refractivity contribution is 5.64. The molecule has 0 unspecified atom stereocenters. The molecule has 1 aromatic carbocycles. The molecule has 1 aromatic rings. The average Bonchev–Trinajstić information content (AvgIpc) is 1.96. The van der Waals surface area contributed by atoms with Crippen molar-refractivity contribution in [1.29, 1.82) is 0 Å². The molecule has 3 nitrogen and oxygen atoms in total. The van der Waals surface area contributed by atoms with Crippen molar-refractivity contribution in [3.05, 3.63) is 17.7 Å². The minimum Gasteiger partial charge on any atom is -0.495 e. The molecule has 0 saturated carbocycles. The van der Waals surface area contributed by atoms with Gasteiger partial charge in [-0.15, -0.1) is 0 Å². The van der Waals surface area contributed by atoms with Gasteiger partial charge in [0, 0.05) is 11.8 Å². The first-order chi connectivity index (χ1) is 5.15. The highest BCUT2D eigenvalue weighted by Crippen LogP contribution is 2.27. The van der Waals surface area contributed by atoms with Gasteiger partial charge in [-0.05, 0) is 18.6 Å². The highest BCUT2D eigenvalue weighted by atomic mass is 16.5. The number of ether oxygens (including phenoxy) is 1. The van der Waals surface area contributed by atoms with Crippen molar-refractivity contribution in [3.63, 3.8) is 0 Å². The van der Waals surface area contributed by atoms with Gasteiger partial charge in [-0.1, -0.05) is 0 Å². The van der Waals surface area contributed by atoms with E-state index in [2.05, 4.69) is 0 Å². The van der Waals surface area contributed by atoms with Crippen molar-refractivity contribution in [1.82, 2.24) is 0 Å². The van der Waals surface area contributed by atoms with Crippen LogP contribution in [0.15, 0.2) is 12.1 Å². The first kappa shape index (κ1) is 7.72. The molecule has 0 atom stereocenters. The van der Waals surface area contributed by atoms with Crippen LogP contribution in [0.3, 0.4) is 0 Å². The maximum Gasteiger partial charge on any atom is 0.144 e. The summed E-state index contributed by atoms with van der Waals surface area (Å²) in [7, 11) is 1.57. The molecule has 0 radical (unpaired) electrons. The van der Waals surface area contributed by atoms with Crippen LogP contribution in [-0.2, 0) is 0 Å². The van der Waals surface area contributed by atoms with E-state index < -0.39 is 0 Å². The fraction of sp³-hybridized carbons (Fsp3) is 0.250. The Morgan fingerprint density at radius 1 is 1.27 bits per heavy atom. The Balaban J connectivity index is 3.24. The van der Waals surface area contributed by atoms with Crippen molar-refractivity contribution >= 4 is 11.4 Å². The molecular formula is C8H12N2O. The van der Waals surface area contributed by atoms with Crippen LogP contribution in [-0.4, -0.2) is 7.11 Å². The Kier molecular flexibility index (Phi) is 1.89. The van der Waals surface area contributed by atoms with Gasteiger partial charge in [0.15, 0.2) is 0 Å². The Hall–Kier alpha value is -1.38. The minimum absolute atomic E-state index is 0.641. The second-order valence-corrected chi connectivity index (χ2v) is 2.45. The maximum atomic E-state index is 5.68. The van der Waals surface area contributed by atoms with Gasteiger partial charge < -0.3 is 16.2 Å². The molecule has 0 aliphatic heterocycles. The third-order valence-electron chi connectivity index (χ3n) is 1.59. The van der Waals surface area contributed by atoms with Gasteiger partial charge in [0.05, 0.1) is 12.8 Å². The molecule has 0 aromatic heterocycles. The molecule has 11 heavy (non-hydrogen) atoms. The molecule has 60 valence electrons. The van der Waals surface area contributed by atoms with Gasteiger partial charge in [-0.2, -0.15) is 0 Å². The van der Waals surface area contributed by atoms with Crippen molar-refractivity contribution < 1.29 is 4.74 Å². The van der Waals surface area contributed by atoms with E-state index >= 15 is 0 Å². The SMILES string of the molecule is COc1cc(N)cc(C)c1N. The lowest BCUT2D eigenvalue weighted by Crippen LogP contribution is -1.97. The quantitative estimate of drug-likeness (QED) is 0.594. The van der Waals surface area contributed by atoms with Crippen LogP contribution in [0.1, 0.15) is 5.56 Å². The zero-order valence-electron chi connectivity index (χ0n) is 6.72. The summed E-state index contributed by atoms with van der Waals surface area (Å²) >= 11 is 0. The summed E-state index contributed by atoms with van der Waals surface area (Å²) in [6, 6.07) is 3.53. The molecule has 0 bridgehead atoms. The predicted octanol–water partition coefficient (Wildman–Crippen LogP) is 1.17. The van der Waals surface area contributed by atoms with Gasteiger partial charge >= 0.3 is 0 Å². The summed E-state index contributed by atoms with van der Waals surface area (Å²) in [5.41, 5.74) is 13.5. The molecule has 4 N–H and O–H groups in total. The van der Waals surface area contributed by atoms with Gasteiger partial charge in [0.2, 0.25) is 0 Å². The highest BCUT2D eigenvalue weighted by Gasteiger charge is 2.02. The molecule has 0 heterocycles. The Morgan fingerprint density at radius 2 is 1.91 bits per heavy atom. The molecule has 1 rings (SSSR count). The average molecular weight is 152 g/mol. The van der Waals surface area contributed by atoms with Gasteiger partial charge in [0.25, 0.3) is 0 Å². The molecule has 0 saturated heterocycles. The Bertz CT molecular complexity index is 271. The van der Waals surface area contributed by atoms with Crippen molar-refractivity contribution in [2.45, 2.75) is 6.92 Å². The molecule has 3 heteroatoms. The van der Waals surface area contributed by atoms with E-state index in [1.165, 1.54) is 0 Å². The van der Waals surface area contributed by atoms with E-state index in [4.69, 9.17) is 16.2 Å². The maximum absolute atomic E-state index is 5.68. The smallest absolute Gasteiger partial charge is 0.144 e. The number of nitrogen functional groups attached to an aromatic ring is 2. The number of anilines is 2. The molecule has 0 fully saturated rings. The van der Waals surface area contributed by atoms with Gasteiger partial charge in [-0.25, -0.2) is 0 Å². The van der Waals surface area contributed by atoms with E-state index in [-0.39, 0.29) is 0 Å². The molecule has 0 amide bonds. The largest absolute Gasteiger partial charge is 0.495 e. The fourth-order valence-corrected chi connectivity index (χ4v) is 0.962. The zero-order chi connectivity index (χ0) is 8.43. The minimum atomic E-state index is 0.641. The summed E-state index contributed by atoms with van der Waals surface area (Å²) in [4.78, 5) is 0. The number of hydrogen-bond acceptors (Lipinski definition) is 3. The second kappa shape index (κ2) is 2.70. The third kappa shape index (κ3) is 1.37. The van der Waals surface area contributed by atoms with E-state index in [0.717, 1.165) is 5.56 Å². The summed E-state index contributed by atoms with van der Waals surface area (Å²) < 4.78 is 5.00. The monoisotopic (exact) mass is 152 g/mol. The Labute approximate surface area is 66.0 Å². The van der Waals surface area contributed by atoms with Crippen LogP contribution in [0, 0.1) is 6.92 Å². The summed E-state index contributed by atoms with van der Waals surface area (Å²) in [6.07, 6.45) is 0. The normalized spacial score (nSPS) is 9.64. The first-order valence-corrected chi connectivity index (χ1v) is 3.34. The zero-order valence-corrected chi connectivity index (χ0v) is 6.72. The standard InChI is InChI=1S/C8H12N2O/c1-5-3-6(9)4-7(11-2)8(5)10/h3-4H,9-10H2,1-2H3. The lowest BCUT2D eigenvalue weighted by Gasteiger charge is -2.07. The van der Waals surface area contributed by atoms with E-state index in [1.807, 2.05) is 13.0 Å². The molecule has 0 aliphatic carbocycles. The van der Waals surface area contributed by atoms with E-state index in [9.17, 15) is 0 Å². The van der Waals surface area contributed by atoms with Crippen molar-refractivity contribution in [2.75, 3.05) is 18.6 Å². The molecular weight excluding hydrogens is 140 g/mol.